The summed E-state index contributed by atoms with van der Waals surface area (Å²) in [7, 11) is 1.53. The second kappa shape index (κ2) is 10.2. The molecule has 1 amide bonds. The highest BCUT2D eigenvalue weighted by Gasteiger charge is 2.09. The molecule has 0 heterocycles. The van der Waals surface area contributed by atoms with E-state index in [1.807, 2.05) is 12.1 Å². The predicted molar refractivity (Wildman–Crippen MR) is 117 cm³/mol. The lowest BCUT2D eigenvalue weighted by Crippen LogP contribution is -2.17. The van der Waals surface area contributed by atoms with Crippen LogP contribution >= 0.6 is 11.6 Å². The molecule has 0 bridgehead atoms. The van der Waals surface area contributed by atoms with Crippen molar-refractivity contribution in [1.82, 2.24) is 5.43 Å². The van der Waals surface area contributed by atoms with E-state index in [0.717, 1.165) is 5.56 Å². The Labute approximate surface area is 183 Å². The third-order valence-electron chi connectivity index (χ3n) is 4.22. The van der Waals surface area contributed by atoms with E-state index < -0.39 is 10.8 Å². The fourth-order valence-electron chi connectivity index (χ4n) is 2.59. The molecule has 1 N–H and O–H groups in total. The van der Waals surface area contributed by atoms with Gasteiger partial charge in [0.05, 0.1) is 18.2 Å². The van der Waals surface area contributed by atoms with Crippen LogP contribution in [0, 0.1) is 10.1 Å². The topological polar surface area (TPSA) is 103 Å². The normalized spacial score (nSPS) is 10.6. The largest absolute Gasteiger partial charge is 0.493 e. The zero-order valence-electron chi connectivity index (χ0n) is 16.4. The van der Waals surface area contributed by atoms with Gasteiger partial charge in [0.15, 0.2) is 11.5 Å². The molecular weight excluding hydrogens is 422 g/mol. The Balaban J connectivity index is 1.60. The SMILES string of the molecule is COc1cc(C=NNC(=O)c2ccc([N+](=O)[O-])cc2)ccc1OCc1ccc(Cl)cc1. The van der Waals surface area contributed by atoms with Crippen LogP contribution in [0.2, 0.25) is 5.02 Å². The van der Waals surface area contributed by atoms with Gasteiger partial charge in [0.2, 0.25) is 0 Å². The van der Waals surface area contributed by atoms with Gasteiger partial charge in [0.25, 0.3) is 11.6 Å². The van der Waals surface area contributed by atoms with E-state index in [2.05, 4.69) is 10.5 Å². The summed E-state index contributed by atoms with van der Waals surface area (Å²) in [6.07, 6.45) is 1.45. The summed E-state index contributed by atoms with van der Waals surface area (Å²) >= 11 is 5.88. The van der Waals surface area contributed by atoms with Crippen molar-refractivity contribution in [3.63, 3.8) is 0 Å². The first-order chi connectivity index (χ1) is 15.0. The molecule has 0 unspecified atom stereocenters. The molecule has 0 aliphatic carbocycles. The predicted octanol–water partition coefficient (Wildman–Crippen LogP) is 4.60. The molecule has 9 heteroatoms. The highest BCUT2D eigenvalue weighted by atomic mass is 35.5. The first-order valence-electron chi connectivity index (χ1n) is 9.09. The van der Waals surface area contributed by atoms with Gasteiger partial charge in [-0.15, -0.1) is 0 Å². The zero-order chi connectivity index (χ0) is 22.2. The third-order valence-corrected chi connectivity index (χ3v) is 4.47. The van der Waals surface area contributed by atoms with Gasteiger partial charge in [-0.25, -0.2) is 5.43 Å². The number of nitro benzene ring substituents is 1. The molecule has 0 aliphatic rings. The van der Waals surface area contributed by atoms with Crippen molar-refractivity contribution < 1.29 is 19.2 Å². The maximum atomic E-state index is 12.1. The molecule has 0 saturated heterocycles. The number of halogens is 1. The first-order valence-corrected chi connectivity index (χ1v) is 9.47. The standard InChI is InChI=1S/C22H18ClN3O5/c1-30-21-12-16(4-11-20(21)31-14-15-2-7-18(23)8-3-15)13-24-25-22(27)17-5-9-19(10-6-17)26(28)29/h2-13H,14H2,1H3,(H,25,27). The van der Waals surface area contributed by atoms with E-state index in [0.29, 0.717) is 28.7 Å². The minimum atomic E-state index is -0.532. The Morgan fingerprint density at radius 2 is 1.81 bits per heavy atom. The van der Waals surface area contributed by atoms with Crippen LogP contribution in [0.15, 0.2) is 71.8 Å². The van der Waals surface area contributed by atoms with E-state index in [4.69, 9.17) is 21.1 Å². The van der Waals surface area contributed by atoms with Gasteiger partial charge in [-0.1, -0.05) is 23.7 Å². The molecule has 0 radical (unpaired) electrons. The van der Waals surface area contributed by atoms with Crippen LogP contribution in [-0.2, 0) is 6.61 Å². The van der Waals surface area contributed by atoms with Crippen LogP contribution in [0.4, 0.5) is 5.69 Å². The average Bonchev–Trinajstić information content (AvgIpc) is 2.79. The molecule has 3 aromatic rings. The average molecular weight is 440 g/mol. The number of rotatable bonds is 8. The van der Waals surface area contributed by atoms with Crippen LogP contribution in [0.25, 0.3) is 0 Å². The molecule has 3 rings (SSSR count). The van der Waals surface area contributed by atoms with Crippen LogP contribution < -0.4 is 14.9 Å². The van der Waals surface area contributed by atoms with Gasteiger partial charge in [0, 0.05) is 22.7 Å². The van der Waals surface area contributed by atoms with E-state index in [-0.39, 0.29) is 11.3 Å². The fourth-order valence-corrected chi connectivity index (χ4v) is 2.72. The zero-order valence-corrected chi connectivity index (χ0v) is 17.2. The van der Waals surface area contributed by atoms with Crippen LogP contribution in [0.3, 0.4) is 0 Å². The highest BCUT2D eigenvalue weighted by Crippen LogP contribution is 2.28. The Morgan fingerprint density at radius 3 is 2.45 bits per heavy atom. The van der Waals surface area contributed by atoms with Crippen molar-refractivity contribution in [2.45, 2.75) is 6.61 Å². The first kappa shape index (κ1) is 21.8. The van der Waals surface area contributed by atoms with Gasteiger partial charge < -0.3 is 9.47 Å². The number of hydrazone groups is 1. The number of benzene rings is 3. The summed E-state index contributed by atoms with van der Waals surface area (Å²) in [5.41, 5.74) is 4.19. The number of nitrogens with zero attached hydrogens (tertiary/aromatic N) is 2. The molecule has 0 aliphatic heterocycles. The van der Waals surface area contributed by atoms with Gasteiger partial charge in [-0.2, -0.15) is 5.10 Å². The lowest BCUT2D eigenvalue weighted by atomic mass is 10.2. The number of ether oxygens (including phenoxy) is 2. The summed E-state index contributed by atoms with van der Waals surface area (Å²) < 4.78 is 11.2. The molecule has 0 atom stereocenters. The van der Waals surface area contributed by atoms with E-state index in [1.54, 1.807) is 30.3 Å². The van der Waals surface area contributed by atoms with Crippen molar-refractivity contribution in [3.8, 4) is 11.5 Å². The summed E-state index contributed by atoms with van der Waals surface area (Å²) in [5.74, 6) is 0.588. The van der Waals surface area contributed by atoms with Crippen molar-refractivity contribution in [3.05, 3.63) is 98.6 Å². The summed E-state index contributed by atoms with van der Waals surface area (Å²) in [4.78, 5) is 22.2. The number of amides is 1. The lowest BCUT2D eigenvalue weighted by molar-refractivity contribution is -0.384. The third kappa shape index (κ3) is 6.03. The number of non-ortho nitro benzene ring substituents is 1. The van der Waals surface area contributed by atoms with E-state index in [1.165, 1.54) is 37.6 Å². The number of carbonyl (C=O) groups excluding carboxylic acids is 1. The molecular formula is C22H18ClN3O5. The Morgan fingerprint density at radius 1 is 1.10 bits per heavy atom. The molecule has 31 heavy (non-hydrogen) atoms. The van der Waals surface area contributed by atoms with Crippen molar-refractivity contribution in [2.24, 2.45) is 5.10 Å². The van der Waals surface area contributed by atoms with Gasteiger partial charge in [-0.3, -0.25) is 14.9 Å². The number of nitro groups is 1. The van der Waals surface area contributed by atoms with Gasteiger partial charge in [0.1, 0.15) is 6.61 Å². The van der Waals surface area contributed by atoms with Gasteiger partial charge in [-0.05, 0) is 53.6 Å². The van der Waals surface area contributed by atoms with Crippen LogP contribution in [-0.4, -0.2) is 24.2 Å². The molecule has 0 spiro atoms. The summed E-state index contributed by atoms with van der Waals surface area (Å²) in [5, 5.41) is 15.2. The number of carbonyl (C=O) groups is 1. The molecule has 3 aromatic carbocycles. The van der Waals surface area contributed by atoms with Crippen LogP contribution in [0.1, 0.15) is 21.5 Å². The second-order valence-electron chi connectivity index (χ2n) is 6.33. The summed E-state index contributed by atoms with van der Waals surface area (Å²) in [6, 6.07) is 17.8. The number of nitrogens with one attached hydrogen (secondary N) is 1. The molecule has 158 valence electrons. The molecule has 8 nitrogen and oxygen atoms in total. The molecule has 0 saturated carbocycles. The number of methoxy groups -OCH3 is 1. The second-order valence-corrected chi connectivity index (χ2v) is 6.76. The Hall–Kier alpha value is -3.91. The Bertz CT molecular complexity index is 1100. The fraction of sp³-hybridized carbons (Fsp3) is 0.0909. The van der Waals surface area contributed by atoms with Gasteiger partial charge >= 0.3 is 0 Å². The Kier molecular flexibility index (Phi) is 7.18. The number of hydrogen-bond donors (Lipinski definition) is 1. The van der Waals surface area contributed by atoms with Crippen LogP contribution in [0.5, 0.6) is 11.5 Å². The maximum Gasteiger partial charge on any atom is 0.271 e. The minimum absolute atomic E-state index is 0.0921. The molecule has 0 aromatic heterocycles. The molecule has 0 fully saturated rings. The minimum Gasteiger partial charge on any atom is -0.493 e. The van der Waals surface area contributed by atoms with Crippen molar-refractivity contribution in [2.75, 3.05) is 7.11 Å². The maximum absolute atomic E-state index is 12.1. The van der Waals surface area contributed by atoms with Crippen molar-refractivity contribution in [1.29, 1.82) is 0 Å². The smallest absolute Gasteiger partial charge is 0.271 e. The lowest BCUT2D eigenvalue weighted by Gasteiger charge is -2.11. The van der Waals surface area contributed by atoms with E-state index >= 15 is 0 Å². The number of hydrogen-bond acceptors (Lipinski definition) is 6. The van der Waals surface area contributed by atoms with E-state index in [9.17, 15) is 14.9 Å². The quantitative estimate of drug-likeness (QED) is 0.314. The van der Waals surface area contributed by atoms with Crippen molar-refractivity contribution >= 4 is 29.4 Å². The monoisotopic (exact) mass is 439 g/mol. The summed E-state index contributed by atoms with van der Waals surface area (Å²) in [6.45, 7) is 0.353. The highest BCUT2D eigenvalue weighted by molar-refractivity contribution is 6.30.